The van der Waals surface area contributed by atoms with Gasteiger partial charge in [-0.25, -0.2) is 4.79 Å². The van der Waals surface area contributed by atoms with Crippen molar-refractivity contribution in [1.29, 1.82) is 0 Å². The third kappa shape index (κ3) is 1.88. The highest BCUT2D eigenvalue weighted by molar-refractivity contribution is 5.85. The van der Waals surface area contributed by atoms with Crippen molar-refractivity contribution < 1.29 is 9.53 Å². The van der Waals surface area contributed by atoms with Crippen LogP contribution < -0.4 is 0 Å². The summed E-state index contributed by atoms with van der Waals surface area (Å²) in [6, 6.07) is 0. The number of carbonyl (C=O) groups excluding carboxylic acids is 1. The summed E-state index contributed by atoms with van der Waals surface area (Å²) in [4.78, 5) is 11.3. The van der Waals surface area contributed by atoms with Gasteiger partial charge in [0.2, 0.25) is 0 Å². The summed E-state index contributed by atoms with van der Waals surface area (Å²) in [5.41, 5.74) is 2.99. The van der Waals surface area contributed by atoms with E-state index in [1.54, 1.807) is 6.08 Å². The zero-order chi connectivity index (χ0) is 15.6. The van der Waals surface area contributed by atoms with E-state index in [0.29, 0.717) is 22.9 Å². The molecule has 0 amide bonds. The number of ether oxygens (including phenoxy) is 1. The largest absolute Gasteiger partial charge is 0.458 e. The van der Waals surface area contributed by atoms with Crippen LogP contribution in [0.2, 0.25) is 0 Å². The molecule has 4 aliphatic rings. The maximum Gasteiger partial charge on any atom is 0.331 e. The minimum Gasteiger partial charge on any atom is -0.458 e. The van der Waals surface area contributed by atoms with Crippen LogP contribution in [0.3, 0.4) is 0 Å². The lowest BCUT2D eigenvalue weighted by atomic mass is 9.50. The van der Waals surface area contributed by atoms with Gasteiger partial charge in [-0.15, -0.1) is 0 Å². The highest BCUT2D eigenvalue weighted by Gasteiger charge is 2.72. The van der Waals surface area contributed by atoms with Crippen LogP contribution in [0.4, 0.5) is 0 Å². The Morgan fingerprint density at radius 3 is 2.82 bits per heavy atom. The van der Waals surface area contributed by atoms with E-state index in [1.165, 1.54) is 50.5 Å². The van der Waals surface area contributed by atoms with Crippen LogP contribution in [0.25, 0.3) is 0 Å². The van der Waals surface area contributed by atoms with Crippen molar-refractivity contribution in [3.05, 3.63) is 11.6 Å². The van der Waals surface area contributed by atoms with Gasteiger partial charge in [-0.2, -0.15) is 0 Å². The second-order valence-electron chi connectivity index (χ2n) is 9.19. The molecule has 3 fully saturated rings. The minimum absolute atomic E-state index is 0.138. The molecule has 5 unspecified atom stereocenters. The summed E-state index contributed by atoms with van der Waals surface area (Å²) in [7, 11) is 0. The van der Waals surface area contributed by atoms with Crippen molar-refractivity contribution in [2.75, 3.05) is 6.61 Å². The van der Waals surface area contributed by atoms with Crippen molar-refractivity contribution in [3.8, 4) is 0 Å². The fraction of sp³-hybridized carbons (Fsp3) is 0.850. The average molecular weight is 302 g/mol. The van der Waals surface area contributed by atoms with Gasteiger partial charge >= 0.3 is 5.97 Å². The molecule has 0 aromatic heterocycles. The molecule has 0 aromatic rings. The van der Waals surface area contributed by atoms with Crippen LogP contribution in [0, 0.1) is 28.1 Å². The molecule has 3 saturated carbocycles. The van der Waals surface area contributed by atoms with Gasteiger partial charge in [-0.05, 0) is 78.6 Å². The Bertz CT molecular complexity index is 536. The zero-order valence-corrected chi connectivity index (χ0v) is 14.4. The van der Waals surface area contributed by atoms with Gasteiger partial charge in [0.1, 0.15) is 6.61 Å². The van der Waals surface area contributed by atoms with Crippen LogP contribution >= 0.6 is 0 Å². The maximum atomic E-state index is 11.3. The molecular weight excluding hydrogens is 272 g/mol. The van der Waals surface area contributed by atoms with E-state index >= 15 is 0 Å². The lowest BCUT2D eigenvalue weighted by molar-refractivity contribution is -0.134. The van der Waals surface area contributed by atoms with Gasteiger partial charge in [0.05, 0.1) is 0 Å². The van der Waals surface area contributed by atoms with Gasteiger partial charge in [-0.1, -0.05) is 27.2 Å². The average Bonchev–Trinajstić information content (AvgIpc) is 2.90. The van der Waals surface area contributed by atoms with Gasteiger partial charge in [0.25, 0.3) is 0 Å². The molecule has 2 nitrogen and oxygen atoms in total. The maximum absolute atomic E-state index is 11.3. The molecule has 0 aromatic carbocycles. The monoisotopic (exact) mass is 302 g/mol. The Labute approximate surface area is 134 Å². The molecule has 1 aliphatic heterocycles. The summed E-state index contributed by atoms with van der Waals surface area (Å²) < 4.78 is 5.08. The molecule has 1 heterocycles. The van der Waals surface area contributed by atoms with Crippen LogP contribution in [0.15, 0.2) is 11.6 Å². The molecular formula is C20H30O2. The third-order valence-corrected chi connectivity index (χ3v) is 8.32. The second kappa shape index (κ2) is 4.61. The molecule has 4 rings (SSSR count). The molecule has 3 aliphatic carbocycles. The van der Waals surface area contributed by atoms with Crippen LogP contribution in [0.5, 0.6) is 0 Å². The van der Waals surface area contributed by atoms with E-state index in [0.717, 1.165) is 18.3 Å². The highest BCUT2D eigenvalue weighted by Crippen LogP contribution is 2.80. The lowest BCUT2D eigenvalue weighted by Crippen LogP contribution is -2.47. The molecule has 0 bridgehead atoms. The third-order valence-electron chi connectivity index (χ3n) is 8.32. The van der Waals surface area contributed by atoms with Crippen LogP contribution in [-0.4, -0.2) is 12.6 Å². The summed E-state index contributed by atoms with van der Waals surface area (Å²) in [6.45, 7) is 8.13. The summed E-state index contributed by atoms with van der Waals surface area (Å²) >= 11 is 0. The first-order valence-corrected chi connectivity index (χ1v) is 9.26. The van der Waals surface area contributed by atoms with Crippen molar-refractivity contribution in [1.82, 2.24) is 0 Å². The number of hydrogen-bond donors (Lipinski definition) is 0. The normalized spacial score (nSPS) is 50.0. The number of cyclic esters (lactones) is 1. The minimum atomic E-state index is -0.138. The Morgan fingerprint density at radius 2 is 2.09 bits per heavy atom. The Hall–Kier alpha value is -0.790. The second-order valence-corrected chi connectivity index (χ2v) is 9.19. The predicted octanol–water partition coefficient (Wildman–Crippen LogP) is 4.88. The fourth-order valence-electron chi connectivity index (χ4n) is 6.59. The SMILES string of the molecule is CC1CCC23CC2(C)CCCC3C1(C)CCC1=CC(=O)OC1. The number of hydrogen-bond acceptors (Lipinski definition) is 2. The Morgan fingerprint density at radius 1 is 1.27 bits per heavy atom. The van der Waals surface area contributed by atoms with Gasteiger partial charge in [0, 0.05) is 6.08 Å². The zero-order valence-electron chi connectivity index (χ0n) is 14.4. The number of rotatable bonds is 3. The van der Waals surface area contributed by atoms with Crippen molar-refractivity contribution >= 4 is 5.97 Å². The van der Waals surface area contributed by atoms with E-state index in [2.05, 4.69) is 20.8 Å². The first-order valence-electron chi connectivity index (χ1n) is 9.26. The Balaban J connectivity index is 1.55. The van der Waals surface area contributed by atoms with Crippen molar-refractivity contribution in [2.24, 2.45) is 28.1 Å². The van der Waals surface area contributed by atoms with Gasteiger partial charge in [-0.3, -0.25) is 0 Å². The smallest absolute Gasteiger partial charge is 0.331 e. The fourth-order valence-corrected chi connectivity index (χ4v) is 6.59. The first-order chi connectivity index (χ1) is 10.4. The lowest BCUT2D eigenvalue weighted by Gasteiger charge is -2.55. The quantitative estimate of drug-likeness (QED) is 0.694. The molecule has 0 saturated heterocycles. The molecule has 22 heavy (non-hydrogen) atoms. The van der Waals surface area contributed by atoms with E-state index in [4.69, 9.17) is 4.74 Å². The molecule has 122 valence electrons. The Kier molecular flexibility index (Phi) is 3.10. The van der Waals surface area contributed by atoms with E-state index in [-0.39, 0.29) is 5.97 Å². The first kappa shape index (κ1) is 14.8. The van der Waals surface area contributed by atoms with E-state index < -0.39 is 0 Å². The van der Waals surface area contributed by atoms with Crippen molar-refractivity contribution in [2.45, 2.75) is 72.1 Å². The number of carbonyl (C=O) groups is 1. The van der Waals surface area contributed by atoms with E-state index in [1.807, 2.05) is 0 Å². The molecule has 0 N–H and O–H groups in total. The van der Waals surface area contributed by atoms with Crippen molar-refractivity contribution in [3.63, 3.8) is 0 Å². The summed E-state index contributed by atoms with van der Waals surface area (Å²) in [5.74, 6) is 1.58. The molecule has 0 radical (unpaired) electrons. The standard InChI is InChI=1S/C20H30O2/c1-14-6-10-20-13-18(20,2)8-4-5-16(20)19(14,3)9-7-15-11-17(21)22-12-15/h11,14,16H,4-10,12-13H2,1-3H3. The van der Waals surface area contributed by atoms with Gasteiger partial charge in [0.15, 0.2) is 0 Å². The molecule has 1 spiro atoms. The van der Waals surface area contributed by atoms with Crippen LogP contribution in [-0.2, 0) is 9.53 Å². The molecule has 2 heteroatoms. The van der Waals surface area contributed by atoms with Crippen LogP contribution in [0.1, 0.15) is 72.1 Å². The predicted molar refractivity (Wildman–Crippen MR) is 87.3 cm³/mol. The summed E-state index contributed by atoms with van der Waals surface area (Å²) in [5, 5.41) is 0. The van der Waals surface area contributed by atoms with Gasteiger partial charge < -0.3 is 4.74 Å². The molecule has 5 atom stereocenters. The van der Waals surface area contributed by atoms with E-state index in [9.17, 15) is 4.79 Å². The topological polar surface area (TPSA) is 26.3 Å². The highest BCUT2D eigenvalue weighted by atomic mass is 16.5. The summed E-state index contributed by atoms with van der Waals surface area (Å²) in [6.07, 6.45) is 12.7. The number of esters is 1.